The lowest BCUT2D eigenvalue weighted by Gasteiger charge is -1.99. The molecule has 96 valence electrons. The first kappa shape index (κ1) is 12.1. The number of aryl methyl sites for hydroxylation is 1. The van der Waals surface area contributed by atoms with Gasteiger partial charge in [-0.3, -0.25) is 4.68 Å². The summed E-state index contributed by atoms with van der Waals surface area (Å²) in [5, 5.41) is 8.25. The molecule has 0 atom stereocenters. The van der Waals surface area contributed by atoms with Gasteiger partial charge in [0, 0.05) is 12.1 Å². The largest absolute Gasteiger partial charge is 0.332 e. The van der Waals surface area contributed by atoms with Crippen LogP contribution in [0.1, 0.15) is 6.92 Å². The Morgan fingerprint density at radius 3 is 2.79 bits per heavy atom. The van der Waals surface area contributed by atoms with Gasteiger partial charge in [0.25, 0.3) is 5.89 Å². The molecule has 2 aromatic heterocycles. The molecular formula is C13H11BrN4O. The molecule has 0 bridgehead atoms. The molecule has 0 aliphatic rings. The lowest BCUT2D eigenvalue weighted by atomic mass is 10.2. The molecule has 0 fully saturated rings. The van der Waals surface area contributed by atoms with Gasteiger partial charge in [0.2, 0.25) is 5.82 Å². The monoisotopic (exact) mass is 318 g/mol. The summed E-state index contributed by atoms with van der Waals surface area (Å²) in [7, 11) is 0. The topological polar surface area (TPSA) is 56.7 Å². The predicted octanol–water partition coefficient (Wildman–Crippen LogP) is 3.38. The normalized spacial score (nSPS) is 10.8. The van der Waals surface area contributed by atoms with Crippen molar-refractivity contribution in [1.29, 1.82) is 0 Å². The lowest BCUT2D eigenvalue weighted by molar-refractivity contribution is 0.427. The van der Waals surface area contributed by atoms with Crippen LogP contribution in [0.3, 0.4) is 0 Å². The van der Waals surface area contributed by atoms with Gasteiger partial charge in [-0.1, -0.05) is 35.5 Å². The third kappa shape index (κ3) is 2.19. The van der Waals surface area contributed by atoms with Crippen molar-refractivity contribution in [2.24, 2.45) is 0 Å². The molecule has 0 amide bonds. The zero-order valence-electron chi connectivity index (χ0n) is 10.2. The summed E-state index contributed by atoms with van der Waals surface area (Å²) in [6.07, 6.45) is 1.73. The van der Waals surface area contributed by atoms with Crippen LogP contribution < -0.4 is 0 Å². The number of hydrogen-bond donors (Lipinski definition) is 0. The Morgan fingerprint density at radius 2 is 2.05 bits per heavy atom. The highest BCUT2D eigenvalue weighted by atomic mass is 79.9. The standard InChI is InChI=1S/C13H11BrN4O/c1-2-18-11(10(14)8-15-18)13-16-12(17-19-13)9-6-4-3-5-7-9/h3-8H,2H2,1H3. The summed E-state index contributed by atoms with van der Waals surface area (Å²) in [5.41, 5.74) is 1.73. The van der Waals surface area contributed by atoms with Crippen molar-refractivity contribution in [3.63, 3.8) is 0 Å². The van der Waals surface area contributed by atoms with Gasteiger partial charge < -0.3 is 4.52 Å². The van der Waals surface area contributed by atoms with Crippen molar-refractivity contribution >= 4 is 15.9 Å². The third-order valence-electron chi connectivity index (χ3n) is 2.75. The summed E-state index contributed by atoms with van der Waals surface area (Å²) in [6, 6.07) is 9.73. The maximum atomic E-state index is 5.33. The van der Waals surface area contributed by atoms with E-state index in [9.17, 15) is 0 Å². The van der Waals surface area contributed by atoms with Crippen molar-refractivity contribution in [2.75, 3.05) is 0 Å². The van der Waals surface area contributed by atoms with Crippen molar-refractivity contribution < 1.29 is 4.52 Å². The number of nitrogens with zero attached hydrogens (tertiary/aromatic N) is 4. The minimum absolute atomic E-state index is 0.463. The van der Waals surface area contributed by atoms with Crippen molar-refractivity contribution in [3.8, 4) is 23.0 Å². The Hall–Kier alpha value is -1.95. The molecule has 3 aromatic rings. The maximum Gasteiger partial charge on any atom is 0.277 e. The van der Waals surface area contributed by atoms with Crippen LogP contribution in [-0.2, 0) is 6.54 Å². The first-order valence-corrected chi connectivity index (χ1v) is 6.69. The van der Waals surface area contributed by atoms with Gasteiger partial charge in [0.05, 0.1) is 10.7 Å². The Balaban J connectivity index is 2.04. The minimum atomic E-state index is 0.463. The molecule has 5 nitrogen and oxygen atoms in total. The molecule has 0 radical (unpaired) electrons. The fourth-order valence-corrected chi connectivity index (χ4v) is 2.30. The van der Waals surface area contributed by atoms with Gasteiger partial charge in [-0.25, -0.2) is 0 Å². The molecule has 0 aliphatic heterocycles. The van der Waals surface area contributed by atoms with Crippen LogP contribution >= 0.6 is 15.9 Å². The molecule has 0 saturated heterocycles. The summed E-state index contributed by atoms with van der Waals surface area (Å²) in [6.45, 7) is 2.75. The summed E-state index contributed by atoms with van der Waals surface area (Å²) < 4.78 is 7.99. The van der Waals surface area contributed by atoms with Gasteiger partial charge in [-0.2, -0.15) is 10.1 Å². The number of benzene rings is 1. The predicted molar refractivity (Wildman–Crippen MR) is 74.3 cm³/mol. The molecule has 0 aliphatic carbocycles. The van der Waals surface area contributed by atoms with Gasteiger partial charge in [0.15, 0.2) is 0 Å². The summed E-state index contributed by atoms with van der Waals surface area (Å²) >= 11 is 3.45. The van der Waals surface area contributed by atoms with Crippen LogP contribution in [0, 0.1) is 0 Å². The minimum Gasteiger partial charge on any atom is -0.332 e. The molecule has 1 aromatic carbocycles. The van der Waals surface area contributed by atoms with E-state index in [1.165, 1.54) is 0 Å². The second-order valence-corrected chi connectivity index (χ2v) is 4.80. The van der Waals surface area contributed by atoms with Crippen molar-refractivity contribution in [1.82, 2.24) is 19.9 Å². The highest BCUT2D eigenvalue weighted by Crippen LogP contribution is 2.28. The second-order valence-electron chi connectivity index (χ2n) is 3.95. The number of halogens is 1. The Kier molecular flexibility index (Phi) is 3.16. The number of rotatable bonds is 3. The van der Waals surface area contributed by atoms with Crippen LogP contribution in [0.25, 0.3) is 23.0 Å². The van der Waals surface area contributed by atoms with Gasteiger partial charge >= 0.3 is 0 Å². The molecule has 0 unspecified atom stereocenters. The van der Waals surface area contributed by atoms with Gasteiger partial charge in [0.1, 0.15) is 5.69 Å². The molecule has 3 rings (SSSR count). The molecule has 0 saturated carbocycles. The maximum absolute atomic E-state index is 5.33. The molecule has 0 spiro atoms. The third-order valence-corrected chi connectivity index (χ3v) is 3.34. The van der Waals surface area contributed by atoms with Crippen molar-refractivity contribution in [2.45, 2.75) is 13.5 Å². The number of hydrogen-bond acceptors (Lipinski definition) is 4. The van der Waals surface area contributed by atoms with Crippen LogP contribution in [0.2, 0.25) is 0 Å². The highest BCUT2D eigenvalue weighted by molar-refractivity contribution is 9.10. The smallest absolute Gasteiger partial charge is 0.277 e. The quantitative estimate of drug-likeness (QED) is 0.742. The average molecular weight is 319 g/mol. The fraction of sp³-hybridized carbons (Fsp3) is 0.154. The van der Waals surface area contributed by atoms with E-state index in [1.807, 2.05) is 41.9 Å². The van der Waals surface area contributed by atoms with E-state index in [0.717, 1.165) is 22.3 Å². The molecular weight excluding hydrogens is 308 g/mol. The molecule has 19 heavy (non-hydrogen) atoms. The van der Waals surface area contributed by atoms with Crippen LogP contribution in [0.5, 0.6) is 0 Å². The highest BCUT2D eigenvalue weighted by Gasteiger charge is 2.17. The van der Waals surface area contributed by atoms with Crippen LogP contribution in [-0.4, -0.2) is 19.9 Å². The first-order valence-electron chi connectivity index (χ1n) is 5.90. The van der Waals surface area contributed by atoms with E-state index < -0.39 is 0 Å². The average Bonchev–Trinajstić information content (AvgIpc) is 3.05. The first-order chi connectivity index (χ1) is 9.29. The number of aromatic nitrogens is 4. The van der Waals surface area contributed by atoms with Gasteiger partial charge in [-0.15, -0.1) is 0 Å². The Morgan fingerprint density at radius 1 is 1.26 bits per heavy atom. The van der Waals surface area contributed by atoms with Crippen LogP contribution in [0.4, 0.5) is 0 Å². The molecule has 6 heteroatoms. The van der Waals surface area contributed by atoms with Crippen LogP contribution in [0.15, 0.2) is 45.5 Å². The van der Waals surface area contributed by atoms with E-state index in [1.54, 1.807) is 6.20 Å². The SMILES string of the molecule is CCn1ncc(Br)c1-c1nc(-c2ccccc2)no1. The van der Waals surface area contributed by atoms with E-state index in [0.29, 0.717) is 11.7 Å². The zero-order valence-corrected chi connectivity index (χ0v) is 11.8. The van der Waals surface area contributed by atoms with Gasteiger partial charge in [-0.05, 0) is 22.9 Å². The Labute approximate surface area is 118 Å². The van der Waals surface area contributed by atoms with Crippen molar-refractivity contribution in [3.05, 3.63) is 41.0 Å². The fourth-order valence-electron chi connectivity index (χ4n) is 1.84. The van der Waals surface area contributed by atoms with E-state index in [-0.39, 0.29) is 0 Å². The second kappa shape index (κ2) is 4.97. The van der Waals surface area contributed by atoms with E-state index in [2.05, 4.69) is 31.2 Å². The summed E-state index contributed by atoms with van der Waals surface area (Å²) in [5.74, 6) is 1.04. The van der Waals surface area contributed by atoms with E-state index >= 15 is 0 Å². The Bertz CT molecular complexity index is 690. The summed E-state index contributed by atoms with van der Waals surface area (Å²) in [4.78, 5) is 4.42. The van der Waals surface area contributed by atoms with E-state index in [4.69, 9.17) is 4.52 Å². The lowest BCUT2D eigenvalue weighted by Crippen LogP contribution is -1.99. The molecule has 0 N–H and O–H groups in total. The molecule has 2 heterocycles. The zero-order chi connectivity index (χ0) is 13.2.